The lowest BCUT2D eigenvalue weighted by atomic mass is 9.79. The van der Waals surface area contributed by atoms with Gasteiger partial charge in [-0.1, -0.05) is 46.6 Å². The van der Waals surface area contributed by atoms with Gasteiger partial charge in [-0.2, -0.15) is 5.21 Å². The summed E-state index contributed by atoms with van der Waals surface area (Å²) in [4.78, 5) is 32.3. The number of likely N-dealkylation sites (tertiary alicyclic amines) is 1. The Bertz CT molecular complexity index is 2080. The first-order valence-electron chi connectivity index (χ1n) is 21.3. The molecule has 328 valence electrons. The van der Waals surface area contributed by atoms with Crippen LogP contribution in [0.1, 0.15) is 93.3 Å². The molecule has 13 nitrogen and oxygen atoms in total. The predicted octanol–water partition coefficient (Wildman–Crippen LogP) is 8.79. The van der Waals surface area contributed by atoms with Crippen LogP contribution in [0.15, 0.2) is 54.6 Å². The Balaban J connectivity index is 1.07. The van der Waals surface area contributed by atoms with Gasteiger partial charge in [-0.3, -0.25) is 4.79 Å². The van der Waals surface area contributed by atoms with Crippen molar-refractivity contribution in [2.45, 2.75) is 103 Å². The minimum absolute atomic E-state index is 0.00779. The molecule has 0 radical (unpaired) electrons. The number of benzene rings is 3. The van der Waals surface area contributed by atoms with Gasteiger partial charge < -0.3 is 33.5 Å². The van der Waals surface area contributed by atoms with E-state index in [2.05, 4.69) is 38.8 Å². The molecule has 2 amide bonds. The Morgan fingerprint density at radius 1 is 0.918 bits per heavy atom. The van der Waals surface area contributed by atoms with Crippen molar-refractivity contribution in [2.75, 3.05) is 46.6 Å². The molecule has 0 bridgehead atoms. The second-order valence-electron chi connectivity index (χ2n) is 17.8. The van der Waals surface area contributed by atoms with Crippen LogP contribution in [0, 0.1) is 18.3 Å². The van der Waals surface area contributed by atoms with Gasteiger partial charge >= 0.3 is 6.09 Å². The fraction of sp³-hybridized carbons (Fsp3) is 0.543. The van der Waals surface area contributed by atoms with Crippen LogP contribution in [0.3, 0.4) is 0 Å². The first kappa shape index (κ1) is 44.5. The molecule has 1 saturated heterocycles. The Morgan fingerprint density at radius 2 is 1.64 bits per heavy atom. The van der Waals surface area contributed by atoms with Gasteiger partial charge in [0.05, 0.1) is 22.6 Å². The third-order valence-electron chi connectivity index (χ3n) is 11.5. The average molecular weight is 878 g/mol. The molecule has 3 aliphatic rings. The van der Waals surface area contributed by atoms with Crippen molar-refractivity contribution in [1.82, 2.24) is 30.4 Å². The van der Waals surface area contributed by atoms with Gasteiger partial charge in [0, 0.05) is 51.2 Å². The number of nitrogens with zero attached hydrogens (tertiary/aromatic N) is 5. The number of amides is 2. The maximum atomic E-state index is 15.1. The number of tetrazole rings is 1. The molecule has 1 N–H and O–H groups in total. The summed E-state index contributed by atoms with van der Waals surface area (Å²) >= 11 is 12.7. The zero-order valence-corrected chi connectivity index (χ0v) is 37.4. The molecule has 0 spiro atoms. The summed E-state index contributed by atoms with van der Waals surface area (Å²) in [5.41, 5.74) is 3.46. The van der Waals surface area contributed by atoms with Gasteiger partial charge in [0.2, 0.25) is 5.91 Å². The van der Waals surface area contributed by atoms with E-state index in [-0.39, 0.29) is 43.0 Å². The number of ether oxygens (including phenoxy) is 5. The van der Waals surface area contributed by atoms with Crippen LogP contribution in [0.2, 0.25) is 10.0 Å². The third kappa shape index (κ3) is 12.3. The monoisotopic (exact) mass is 876 g/mol. The van der Waals surface area contributed by atoms with E-state index in [9.17, 15) is 4.79 Å². The summed E-state index contributed by atoms with van der Waals surface area (Å²) in [6.45, 7) is 10.4. The van der Waals surface area contributed by atoms with Crippen molar-refractivity contribution in [3.63, 3.8) is 0 Å². The van der Waals surface area contributed by atoms with E-state index in [1.54, 1.807) is 12.0 Å². The van der Waals surface area contributed by atoms with Crippen molar-refractivity contribution < 1.29 is 33.3 Å². The number of aryl methyl sites for hydroxylation is 2. The summed E-state index contributed by atoms with van der Waals surface area (Å²) < 4.78 is 29.6. The number of rotatable bonds is 19. The quantitative estimate of drug-likeness (QED) is 0.0909. The highest BCUT2D eigenvalue weighted by molar-refractivity contribution is 6.37. The first-order valence-corrected chi connectivity index (χ1v) is 22.1. The number of nitrogens with one attached hydrogen (secondary N) is 1. The van der Waals surface area contributed by atoms with Crippen LogP contribution < -0.4 is 14.2 Å². The van der Waals surface area contributed by atoms with Gasteiger partial charge in [0.1, 0.15) is 30.3 Å². The Morgan fingerprint density at radius 3 is 2.30 bits per heavy atom. The van der Waals surface area contributed by atoms with E-state index < -0.39 is 17.6 Å². The van der Waals surface area contributed by atoms with Crippen molar-refractivity contribution in [2.24, 2.45) is 11.3 Å². The predicted molar refractivity (Wildman–Crippen MR) is 233 cm³/mol. The molecule has 15 heteroatoms. The molecule has 2 heterocycles. The zero-order chi connectivity index (χ0) is 43.1. The molecule has 1 aliphatic heterocycles. The highest BCUT2D eigenvalue weighted by atomic mass is 35.5. The Hall–Kier alpha value is -4.59. The summed E-state index contributed by atoms with van der Waals surface area (Å²) in [6, 6.07) is 18.0. The summed E-state index contributed by atoms with van der Waals surface area (Å²) in [6.07, 6.45) is 6.56. The molecule has 2 atom stereocenters. The van der Waals surface area contributed by atoms with Crippen LogP contribution in [-0.4, -0.2) is 101 Å². The SMILES string of the molecule is COCCCc1cc(CN(C(=O)[C@H]2CN(C(=O)OC(C)(C)C)CC[C@@H]2c2ccc(OCCOc3c(Cl)cc(C)cc3Cl)cc2)C2CC2)cc(OCC2(Cc3nn[nH]n3)CC2)c1. The van der Waals surface area contributed by atoms with Gasteiger partial charge in [-0.15, -0.1) is 10.2 Å². The summed E-state index contributed by atoms with van der Waals surface area (Å²) in [5.74, 6) is 2.03. The van der Waals surface area contributed by atoms with Crippen LogP contribution in [0.4, 0.5) is 4.79 Å². The zero-order valence-electron chi connectivity index (χ0n) is 35.9. The molecule has 1 aromatic heterocycles. The molecule has 2 saturated carbocycles. The highest BCUT2D eigenvalue weighted by Gasteiger charge is 2.45. The number of piperidine rings is 1. The van der Waals surface area contributed by atoms with E-state index in [0.29, 0.717) is 66.5 Å². The Labute approximate surface area is 368 Å². The topological polar surface area (TPSA) is 141 Å². The van der Waals surface area contributed by atoms with Crippen LogP contribution in [-0.2, 0) is 33.7 Å². The molecule has 4 aromatic rings. The number of halogens is 2. The molecule has 2 aliphatic carbocycles. The smallest absolute Gasteiger partial charge is 0.410 e. The fourth-order valence-corrected chi connectivity index (χ4v) is 8.77. The number of hydrogen-bond acceptors (Lipinski definition) is 10. The molecule has 0 unspecified atom stereocenters. The summed E-state index contributed by atoms with van der Waals surface area (Å²) in [5, 5.41) is 15.5. The van der Waals surface area contributed by atoms with Crippen molar-refractivity contribution in [1.29, 1.82) is 0 Å². The number of methoxy groups -OCH3 is 1. The van der Waals surface area contributed by atoms with Gasteiger partial charge in [0.15, 0.2) is 11.6 Å². The van der Waals surface area contributed by atoms with Crippen molar-refractivity contribution >= 4 is 35.2 Å². The van der Waals surface area contributed by atoms with Gasteiger partial charge in [-0.05, 0) is 137 Å². The number of aromatic amines is 1. The fourth-order valence-electron chi connectivity index (χ4n) is 8.06. The van der Waals surface area contributed by atoms with Crippen LogP contribution in [0.25, 0.3) is 0 Å². The highest BCUT2D eigenvalue weighted by Crippen LogP contribution is 2.48. The first-order chi connectivity index (χ1) is 29.3. The van der Waals surface area contributed by atoms with Gasteiger partial charge in [-0.25, -0.2) is 4.79 Å². The lowest BCUT2D eigenvalue weighted by Crippen LogP contribution is -2.51. The van der Waals surface area contributed by atoms with E-state index in [1.165, 1.54) is 0 Å². The number of hydrogen-bond donors (Lipinski definition) is 1. The second-order valence-corrected chi connectivity index (χ2v) is 18.6. The average Bonchev–Trinajstić information content (AvgIpc) is 4.15. The maximum absolute atomic E-state index is 15.1. The van der Waals surface area contributed by atoms with E-state index in [1.807, 2.05) is 69.0 Å². The third-order valence-corrected chi connectivity index (χ3v) is 12.1. The minimum Gasteiger partial charge on any atom is -0.493 e. The molecular weight excluding hydrogens is 819 g/mol. The molecule has 7 rings (SSSR count). The van der Waals surface area contributed by atoms with Crippen molar-refractivity contribution in [3.8, 4) is 17.2 Å². The molecule has 3 fully saturated rings. The number of carbonyl (C=O) groups is 2. The maximum Gasteiger partial charge on any atom is 0.410 e. The Kier molecular flexibility index (Phi) is 14.3. The minimum atomic E-state index is -0.659. The lowest BCUT2D eigenvalue weighted by molar-refractivity contribution is -0.139. The van der Waals surface area contributed by atoms with Gasteiger partial charge in [0.25, 0.3) is 0 Å². The largest absolute Gasteiger partial charge is 0.493 e. The van der Waals surface area contributed by atoms with Crippen LogP contribution >= 0.6 is 23.2 Å². The van der Waals surface area contributed by atoms with E-state index in [0.717, 1.165) is 66.5 Å². The molecular formula is C46H58Cl2N6O7. The second kappa shape index (κ2) is 19.6. The lowest BCUT2D eigenvalue weighted by Gasteiger charge is -2.40. The number of aromatic nitrogens is 4. The number of H-pyrrole nitrogens is 1. The van der Waals surface area contributed by atoms with E-state index >= 15 is 4.79 Å². The van der Waals surface area contributed by atoms with Crippen molar-refractivity contribution in [3.05, 3.63) is 92.7 Å². The standard InChI is InChI=1S/C46H58Cl2N6O7/c1-30-21-39(47)42(40(48)22-30)59-20-19-58-35-12-8-33(9-13-35)37-14-17-53(44(56)61-45(2,3)4)28-38(37)43(55)54(34-10-11-34)27-32-23-31(7-6-18-57-5)24-36(25-32)60-29-46(15-16-46)26-41-49-51-52-50-41/h8-9,12-13,21-25,34,37-38H,6-7,10-11,14-20,26-29H2,1-5H3,(H,49,50,51,52)/t37-,38+/m1/s1. The normalized spacial score (nSPS) is 18.4. The summed E-state index contributed by atoms with van der Waals surface area (Å²) in [7, 11) is 1.71. The molecule has 61 heavy (non-hydrogen) atoms. The van der Waals surface area contributed by atoms with E-state index in [4.69, 9.17) is 46.9 Å². The molecule has 3 aromatic carbocycles. The number of carbonyl (C=O) groups excluding carboxylic acids is 2. The van der Waals surface area contributed by atoms with Crippen LogP contribution in [0.5, 0.6) is 17.2 Å².